The molecule has 0 saturated heterocycles. The Morgan fingerprint density at radius 3 is 2.87 bits per heavy atom. The van der Waals surface area contributed by atoms with Gasteiger partial charge in [-0.05, 0) is 50.7 Å². The van der Waals surface area contributed by atoms with Gasteiger partial charge in [-0.1, -0.05) is 18.2 Å². The van der Waals surface area contributed by atoms with E-state index in [1.54, 1.807) is 0 Å². The Kier molecular flexibility index (Phi) is 4.17. The Hall–Kier alpha value is -2.21. The van der Waals surface area contributed by atoms with Gasteiger partial charge in [-0.3, -0.25) is 9.59 Å². The third-order valence-electron chi connectivity index (χ3n) is 3.98. The van der Waals surface area contributed by atoms with E-state index >= 15 is 0 Å². The number of halogens is 2. The molecule has 1 aliphatic rings. The summed E-state index contributed by atoms with van der Waals surface area (Å²) in [6, 6.07) is 6.96. The first-order chi connectivity index (χ1) is 11.0. The maximum Gasteiger partial charge on any atom is 0.293 e. The highest BCUT2D eigenvalue weighted by atomic mass is 79.9. The first-order valence-corrected chi connectivity index (χ1v) is 7.80. The van der Waals surface area contributed by atoms with Gasteiger partial charge in [0.1, 0.15) is 5.82 Å². The van der Waals surface area contributed by atoms with Crippen molar-refractivity contribution in [3.8, 4) is 11.1 Å². The number of benzene rings is 2. The highest BCUT2D eigenvalue weighted by molar-refractivity contribution is 9.10. The molecule has 1 aliphatic carbocycles. The summed E-state index contributed by atoms with van der Waals surface area (Å²) < 4.78 is 19.1. The number of carbonyl (C=O) groups is 2. The van der Waals surface area contributed by atoms with Crippen molar-refractivity contribution in [1.82, 2.24) is 0 Å². The van der Waals surface area contributed by atoms with Crippen molar-refractivity contribution in [2.45, 2.75) is 12.8 Å². The number of fused-ring (bicyclic) bond motifs is 3. The van der Waals surface area contributed by atoms with Crippen LogP contribution >= 0.6 is 15.9 Å². The molecule has 3 rings (SSSR count). The van der Waals surface area contributed by atoms with Crippen LogP contribution in [0.3, 0.4) is 0 Å². The quantitative estimate of drug-likeness (QED) is 0.548. The zero-order chi connectivity index (χ0) is 16.6. The second kappa shape index (κ2) is 6.12. The second-order valence-corrected chi connectivity index (χ2v) is 6.12. The summed E-state index contributed by atoms with van der Waals surface area (Å²) in [5, 5.41) is 0. The van der Waals surface area contributed by atoms with Crippen molar-refractivity contribution in [3.05, 3.63) is 56.8 Å². The molecule has 0 unspecified atom stereocenters. The number of hydrogen-bond acceptors (Lipinski definition) is 3. The molecule has 0 aliphatic heterocycles. The predicted octanol–water partition coefficient (Wildman–Crippen LogP) is 2.97. The van der Waals surface area contributed by atoms with Crippen LogP contribution in [0.1, 0.15) is 27.0 Å². The van der Waals surface area contributed by atoms with E-state index in [1.165, 1.54) is 6.07 Å². The molecule has 4 nitrogen and oxygen atoms in total. The number of primary amides is 1. The molecular formula is C17H13BrFNO3. The van der Waals surface area contributed by atoms with E-state index < -0.39 is 11.7 Å². The molecule has 118 valence electrons. The Morgan fingerprint density at radius 1 is 1.39 bits per heavy atom. The molecule has 0 heterocycles. The van der Waals surface area contributed by atoms with Gasteiger partial charge in [0, 0.05) is 17.5 Å². The van der Waals surface area contributed by atoms with Gasteiger partial charge in [0.25, 0.3) is 6.47 Å². The summed E-state index contributed by atoms with van der Waals surface area (Å²) in [7, 11) is 0. The molecule has 0 fully saturated rings. The number of hydrogen-bond donors (Lipinski definition) is 1. The third-order valence-corrected chi connectivity index (χ3v) is 4.75. The van der Waals surface area contributed by atoms with Gasteiger partial charge in [0.05, 0.1) is 11.1 Å². The largest absolute Gasteiger partial charge is 0.468 e. The van der Waals surface area contributed by atoms with Crippen molar-refractivity contribution >= 4 is 28.3 Å². The minimum Gasteiger partial charge on any atom is -0.468 e. The zero-order valence-corrected chi connectivity index (χ0v) is 13.7. The van der Waals surface area contributed by atoms with Crippen molar-refractivity contribution in [2.24, 2.45) is 5.73 Å². The summed E-state index contributed by atoms with van der Waals surface area (Å²) in [6.07, 6.45) is 1.12. The lowest BCUT2D eigenvalue weighted by atomic mass is 10.00. The number of carbonyl (C=O) groups excluding carboxylic acids is 2. The van der Waals surface area contributed by atoms with Crippen LogP contribution in [-0.2, 0) is 22.4 Å². The second-order valence-electron chi connectivity index (χ2n) is 5.32. The molecule has 2 N–H and O–H groups in total. The van der Waals surface area contributed by atoms with E-state index in [0.29, 0.717) is 36.0 Å². The predicted molar refractivity (Wildman–Crippen MR) is 86.6 cm³/mol. The average Bonchev–Trinajstić information content (AvgIpc) is 2.89. The highest BCUT2D eigenvalue weighted by Gasteiger charge is 2.27. The Balaban J connectivity index is 2.05. The van der Waals surface area contributed by atoms with Gasteiger partial charge in [0.2, 0.25) is 5.91 Å². The lowest BCUT2D eigenvalue weighted by Crippen LogP contribution is -2.14. The van der Waals surface area contributed by atoms with Gasteiger partial charge in [-0.25, -0.2) is 4.39 Å². The average molecular weight is 378 g/mol. The maximum atomic E-state index is 14.1. The fraction of sp³-hybridized carbons (Fsp3) is 0.176. The fourth-order valence-electron chi connectivity index (χ4n) is 2.96. The highest BCUT2D eigenvalue weighted by Crippen LogP contribution is 2.44. The van der Waals surface area contributed by atoms with Crippen molar-refractivity contribution < 1.29 is 18.7 Å². The zero-order valence-electron chi connectivity index (χ0n) is 12.1. The molecule has 0 bridgehead atoms. The van der Waals surface area contributed by atoms with Crippen molar-refractivity contribution in [1.29, 1.82) is 0 Å². The lowest BCUT2D eigenvalue weighted by molar-refractivity contribution is -0.128. The number of rotatable bonds is 5. The van der Waals surface area contributed by atoms with Crippen LogP contribution in [0.4, 0.5) is 4.39 Å². The van der Waals surface area contributed by atoms with Crippen molar-refractivity contribution in [3.63, 3.8) is 0 Å². The van der Waals surface area contributed by atoms with Gasteiger partial charge < -0.3 is 10.5 Å². The van der Waals surface area contributed by atoms with E-state index in [-0.39, 0.29) is 5.56 Å². The summed E-state index contributed by atoms with van der Waals surface area (Å²) >= 11 is 3.27. The first-order valence-electron chi connectivity index (χ1n) is 7.01. The van der Waals surface area contributed by atoms with E-state index in [2.05, 4.69) is 15.9 Å². The van der Waals surface area contributed by atoms with Crippen LogP contribution in [0.5, 0.6) is 0 Å². The third kappa shape index (κ3) is 2.74. The van der Waals surface area contributed by atoms with Crippen LogP contribution in [0.25, 0.3) is 11.1 Å². The molecule has 1 amide bonds. The van der Waals surface area contributed by atoms with Crippen LogP contribution < -0.4 is 5.73 Å². The van der Waals surface area contributed by atoms with Crippen LogP contribution in [0.15, 0.2) is 28.7 Å². The van der Waals surface area contributed by atoms with E-state index in [0.717, 1.165) is 22.3 Å². The standard InChI is InChI=1S/C17H13BrFNO3/c18-16-14(19)7-13(17(20)22)12-6-10-5-9(3-4-23-8-21)1-2-11(10)15(12)16/h1-2,5,7-8H,3-4,6H2,(H2,20,22). The normalized spacial score (nSPS) is 11.7. The molecule has 0 aromatic heterocycles. The summed E-state index contributed by atoms with van der Waals surface area (Å²) in [5.41, 5.74) is 9.91. The number of nitrogens with two attached hydrogens (primary N) is 1. The summed E-state index contributed by atoms with van der Waals surface area (Å²) in [6.45, 7) is 0.725. The van der Waals surface area contributed by atoms with Crippen molar-refractivity contribution in [2.75, 3.05) is 6.61 Å². The van der Waals surface area contributed by atoms with Gasteiger partial charge in [-0.2, -0.15) is 0 Å². The van der Waals surface area contributed by atoms with E-state index in [4.69, 9.17) is 10.5 Å². The van der Waals surface area contributed by atoms with E-state index in [9.17, 15) is 14.0 Å². The monoisotopic (exact) mass is 377 g/mol. The fourth-order valence-corrected chi connectivity index (χ4v) is 3.52. The number of amides is 1. The van der Waals surface area contributed by atoms with Crippen LogP contribution in [-0.4, -0.2) is 19.0 Å². The molecule has 0 saturated carbocycles. The summed E-state index contributed by atoms with van der Waals surface area (Å²) in [4.78, 5) is 21.8. The maximum absolute atomic E-state index is 14.1. The van der Waals surface area contributed by atoms with Gasteiger partial charge >= 0.3 is 0 Å². The molecule has 0 spiro atoms. The molecule has 2 aromatic carbocycles. The molecule has 23 heavy (non-hydrogen) atoms. The minimum atomic E-state index is -0.639. The molecular weight excluding hydrogens is 365 g/mol. The van der Waals surface area contributed by atoms with Crippen LogP contribution in [0.2, 0.25) is 0 Å². The Bertz CT molecular complexity index is 820. The lowest BCUT2D eigenvalue weighted by Gasteiger charge is -2.09. The first kappa shape index (κ1) is 15.7. The number of ether oxygens (including phenoxy) is 1. The van der Waals surface area contributed by atoms with Crippen LogP contribution in [0, 0.1) is 5.82 Å². The minimum absolute atomic E-state index is 0.211. The van der Waals surface area contributed by atoms with Gasteiger partial charge in [-0.15, -0.1) is 0 Å². The summed E-state index contributed by atoms with van der Waals surface area (Å²) in [5.74, 6) is -1.14. The molecule has 0 atom stereocenters. The molecule has 6 heteroatoms. The van der Waals surface area contributed by atoms with E-state index in [1.807, 2.05) is 18.2 Å². The topological polar surface area (TPSA) is 69.4 Å². The molecule has 2 aromatic rings. The smallest absolute Gasteiger partial charge is 0.293 e. The Morgan fingerprint density at radius 2 is 2.17 bits per heavy atom. The SMILES string of the molecule is NC(=O)c1cc(F)c(Br)c2c1Cc1cc(CCOC=O)ccc1-2. The Labute approximate surface area is 140 Å². The van der Waals surface area contributed by atoms with Gasteiger partial charge in [0.15, 0.2) is 0 Å². The molecule has 0 radical (unpaired) electrons.